The van der Waals surface area contributed by atoms with Crippen molar-refractivity contribution in [3.63, 3.8) is 0 Å². The van der Waals surface area contributed by atoms with Crippen molar-refractivity contribution >= 4 is 11.8 Å². The fourth-order valence-electron chi connectivity index (χ4n) is 3.79. The van der Waals surface area contributed by atoms with E-state index >= 15 is 0 Å². The summed E-state index contributed by atoms with van der Waals surface area (Å²) in [5.41, 5.74) is 2.91. The SMILES string of the molecule is COC(=O)N1c2ccc(-c3cnn(C4CC4)c3)c(OCC(C)(F)F)c2CCC1C. The third kappa shape index (κ3) is 3.93. The number of fused-ring (bicyclic) bond motifs is 1. The first-order valence-electron chi connectivity index (χ1n) is 9.86. The van der Waals surface area contributed by atoms with Crippen LogP contribution in [-0.2, 0) is 11.2 Å². The van der Waals surface area contributed by atoms with Gasteiger partial charge in [-0.05, 0) is 44.7 Å². The highest BCUT2D eigenvalue weighted by Gasteiger charge is 2.33. The van der Waals surface area contributed by atoms with Crippen LogP contribution in [-0.4, -0.2) is 41.6 Å². The molecule has 0 bridgehead atoms. The maximum atomic E-state index is 13.6. The Morgan fingerprint density at radius 3 is 2.72 bits per heavy atom. The van der Waals surface area contributed by atoms with Crippen molar-refractivity contribution in [2.24, 2.45) is 0 Å². The van der Waals surface area contributed by atoms with Crippen molar-refractivity contribution in [2.45, 2.75) is 57.5 Å². The summed E-state index contributed by atoms with van der Waals surface area (Å²) in [5, 5.41) is 4.41. The lowest BCUT2D eigenvalue weighted by Gasteiger charge is -2.35. The summed E-state index contributed by atoms with van der Waals surface area (Å²) in [5.74, 6) is -2.58. The highest BCUT2D eigenvalue weighted by molar-refractivity contribution is 5.92. The number of alkyl halides is 2. The number of aromatic nitrogens is 2. The molecule has 1 atom stereocenters. The Balaban J connectivity index is 1.79. The van der Waals surface area contributed by atoms with Gasteiger partial charge in [-0.2, -0.15) is 5.10 Å². The number of ether oxygens (including phenoxy) is 2. The minimum absolute atomic E-state index is 0.0566. The van der Waals surface area contributed by atoms with Gasteiger partial charge in [0.2, 0.25) is 0 Å². The molecule has 0 spiro atoms. The summed E-state index contributed by atoms with van der Waals surface area (Å²) >= 11 is 0. The molecule has 0 N–H and O–H groups in total. The predicted molar refractivity (Wildman–Crippen MR) is 105 cm³/mol. The molecule has 1 aromatic carbocycles. The summed E-state index contributed by atoms with van der Waals surface area (Å²) in [7, 11) is 1.33. The fourth-order valence-corrected chi connectivity index (χ4v) is 3.79. The van der Waals surface area contributed by atoms with E-state index in [1.54, 1.807) is 11.1 Å². The van der Waals surface area contributed by atoms with Crippen molar-refractivity contribution in [1.29, 1.82) is 0 Å². The van der Waals surface area contributed by atoms with Crippen LogP contribution >= 0.6 is 0 Å². The van der Waals surface area contributed by atoms with Gasteiger partial charge in [0.1, 0.15) is 5.75 Å². The van der Waals surface area contributed by atoms with Crippen LogP contribution in [0, 0.1) is 0 Å². The second-order valence-corrected chi connectivity index (χ2v) is 7.97. The third-order valence-electron chi connectivity index (χ3n) is 5.42. The molecular formula is C21H25F2N3O3. The van der Waals surface area contributed by atoms with Crippen molar-refractivity contribution in [3.05, 3.63) is 30.1 Å². The number of nitrogens with zero attached hydrogens (tertiary/aromatic N) is 3. The van der Waals surface area contributed by atoms with Gasteiger partial charge in [-0.3, -0.25) is 9.58 Å². The van der Waals surface area contributed by atoms with Crippen LogP contribution in [0.1, 0.15) is 44.7 Å². The summed E-state index contributed by atoms with van der Waals surface area (Å²) in [6.07, 6.45) is 6.70. The molecule has 1 saturated carbocycles. The van der Waals surface area contributed by atoms with Gasteiger partial charge in [0, 0.05) is 35.9 Å². The molecule has 8 heteroatoms. The van der Waals surface area contributed by atoms with E-state index in [-0.39, 0.29) is 6.04 Å². The number of carbonyl (C=O) groups excluding carboxylic acids is 1. The molecule has 29 heavy (non-hydrogen) atoms. The third-order valence-corrected chi connectivity index (χ3v) is 5.42. The molecule has 2 aromatic rings. The molecule has 1 aliphatic heterocycles. The van der Waals surface area contributed by atoms with E-state index < -0.39 is 18.6 Å². The molecule has 1 unspecified atom stereocenters. The van der Waals surface area contributed by atoms with E-state index in [1.807, 2.05) is 29.9 Å². The lowest BCUT2D eigenvalue weighted by Crippen LogP contribution is -2.42. The van der Waals surface area contributed by atoms with Crippen LogP contribution in [0.15, 0.2) is 24.5 Å². The van der Waals surface area contributed by atoms with Crippen molar-refractivity contribution in [3.8, 4) is 16.9 Å². The molecule has 1 amide bonds. The Morgan fingerprint density at radius 1 is 1.31 bits per heavy atom. The van der Waals surface area contributed by atoms with E-state index in [0.717, 1.165) is 30.9 Å². The van der Waals surface area contributed by atoms with Crippen LogP contribution in [0.2, 0.25) is 0 Å². The van der Waals surface area contributed by atoms with Crippen LogP contribution < -0.4 is 9.64 Å². The molecule has 2 heterocycles. The summed E-state index contributed by atoms with van der Waals surface area (Å²) in [6, 6.07) is 4.01. The number of halogens is 2. The van der Waals surface area contributed by atoms with Gasteiger partial charge in [-0.25, -0.2) is 13.6 Å². The molecule has 1 fully saturated rings. The standard InChI is InChI=1S/C21H25F2N3O3/c1-13-4-7-17-18(26(13)20(27)28-3)9-8-16(19(17)29-12-21(2,22)23)14-10-24-25(11-14)15-5-6-15/h8-11,13,15H,4-7,12H2,1-3H3. The Labute approximate surface area is 168 Å². The maximum absolute atomic E-state index is 13.6. The second-order valence-electron chi connectivity index (χ2n) is 7.97. The van der Waals surface area contributed by atoms with Gasteiger partial charge in [0.15, 0.2) is 6.61 Å². The Morgan fingerprint density at radius 2 is 2.07 bits per heavy atom. The van der Waals surface area contributed by atoms with Gasteiger partial charge in [0.05, 0.1) is 25.0 Å². The molecule has 0 radical (unpaired) electrons. The molecule has 6 nitrogen and oxygen atoms in total. The zero-order valence-electron chi connectivity index (χ0n) is 16.8. The quantitative estimate of drug-likeness (QED) is 0.715. The molecule has 0 saturated heterocycles. The van der Waals surface area contributed by atoms with Gasteiger partial charge in [0.25, 0.3) is 5.92 Å². The van der Waals surface area contributed by atoms with E-state index in [4.69, 9.17) is 9.47 Å². The Bertz CT molecular complexity index is 918. The largest absolute Gasteiger partial charge is 0.486 e. The minimum Gasteiger partial charge on any atom is -0.486 e. The monoisotopic (exact) mass is 405 g/mol. The first-order valence-corrected chi connectivity index (χ1v) is 9.86. The van der Waals surface area contributed by atoms with Crippen LogP contribution in [0.3, 0.4) is 0 Å². The van der Waals surface area contributed by atoms with E-state index in [1.165, 1.54) is 7.11 Å². The number of anilines is 1. The number of rotatable bonds is 5. The number of carbonyl (C=O) groups is 1. The molecule has 2 aliphatic rings. The predicted octanol–water partition coefficient (Wildman–Crippen LogP) is 4.83. The lowest BCUT2D eigenvalue weighted by atomic mass is 9.92. The molecule has 1 aromatic heterocycles. The first-order chi connectivity index (χ1) is 13.8. The number of hydrogen-bond acceptors (Lipinski definition) is 4. The zero-order chi connectivity index (χ0) is 20.8. The highest BCUT2D eigenvalue weighted by Crippen LogP contribution is 2.44. The van der Waals surface area contributed by atoms with Crippen LogP contribution in [0.4, 0.5) is 19.3 Å². The highest BCUT2D eigenvalue weighted by atomic mass is 19.3. The summed E-state index contributed by atoms with van der Waals surface area (Å²) in [6.45, 7) is 2.03. The lowest BCUT2D eigenvalue weighted by molar-refractivity contribution is -0.0230. The summed E-state index contributed by atoms with van der Waals surface area (Å²) < 4.78 is 39.7. The first kappa shape index (κ1) is 19.7. The normalized spacial score (nSPS) is 19.1. The number of amides is 1. The van der Waals surface area contributed by atoms with Crippen LogP contribution in [0.25, 0.3) is 11.1 Å². The average Bonchev–Trinajstić information content (AvgIpc) is 3.41. The van der Waals surface area contributed by atoms with E-state index in [2.05, 4.69) is 5.10 Å². The smallest absolute Gasteiger partial charge is 0.414 e. The molecular weight excluding hydrogens is 380 g/mol. The van der Waals surface area contributed by atoms with Crippen LogP contribution in [0.5, 0.6) is 5.75 Å². The number of hydrogen-bond donors (Lipinski definition) is 0. The zero-order valence-corrected chi connectivity index (χ0v) is 16.8. The molecule has 1 aliphatic carbocycles. The number of benzene rings is 1. The van der Waals surface area contributed by atoms with E-state index in [9.17, 15) is 13.6 Å². The second kappa shape index (κ2) is 7.31. The molecule has 4 rings (SSSR count). The number of methoxy groups -OCH3 is 1. The molecule has 156 valence electrons. The Kier molecular flexibility index (Phi) is 4.96. The minimum atomic E-state index is -2.97. The van der Waals surface area contributed by atoms with E-state index in [0.29, 0.717) is 35.9 Å². The van der Waals surface area contributed by atoms with Crippen molar-refractivity contribution < 1.29 is 23.0 Å². The van der Waals surface area contributed by atoms with Gasteiger partial charge in [-0.15, -0.1) is 0 Å². The Hall–Kier alpha value is -2.64. The average molecular weight is 405 g/mol. The van der Waals surface area contributed by atoms with Gasteiger partial charge >= 0.3 is 6.09 Å². The topological polar surface area (TPSA) is 56.6 Å². The van der Waals surface area contributed by atoms with Gasteiger partial charge in [-0.1, -0.05) is 0 Å². The van der Waals surface area contributed by atoms with Crippen molar-refractivity contribution in [1.82, 2.24) is 9.78 Å². The maximum Gasteiger partial charge on any atom is 0.414 e. The van der Waals surface area contributed by atoms with Gasteiger partial charge < -0.3 is 9.47 Å². The fraction of sp³-hybridized carbons (Fsp3) is 0.524. The summed E-state index contributed by atoms with van der Waals surface area (Å²) in [4.78, 5) is 13.9. The van der Waals surface area contributed by atoms with Crippen molar-refractivity contribution in [2.75, 3.05) is 18.6 Å².